The van der Waals surface area contributed by atoms with Crippen molar-refractivity contribution in [1.82, 2.24) is 20.0 Å². The van der Waals surface area contributed by atoms with Crippen LogP contribution in [0.5, 0.6) is 11.5 Å². The van der Waals surface area contributed by atoms with Gasteiger partial charge in [-0.25, -0.2) is 9.48 Å². The van der Waals surface area contributed by atoms with Gasteiger partial charge in [-0.05, 0) is 37.3 Å². The van der Waals surface area contributed by atoms with Crippen LogP contribution in [0, 0.1) is 0 Å². The summed E-state index contributed by atoms with van der Waals surface area (Å²) in [5.41, 5.74) is 2.77. The van der Waals surface area contributed by atoms with Crippen molar-refractivity contribution < 1.29 is 14.3 Å². The highest BCUT2D eigenvalue weighted by atomic mass is 16.5. The van der Waals surface area contributed by atoms with Gasteiger partial charge in [-0.15, -0.1) is 0 Å². The van der Waals surface area contributed by atoms with Crippen LogP contribution in [-0.2, 0) is 6.54 Å². The van der Waals surface area contributed by atoms with E-state index < -0.39 is 0 Å². The summed E-state index contributed by atoms with van der Waals surface area (Å²) >= 11 is 0. The Kier molecular flexibility index (Phi) is 6.39. The maximum Gasteiger partial charge on any atom is 0.317 e. The summed E-state index contributed by atoms with van der Waals surface area (Å²) in [6.45, 7) is 2.36. The molecule has 7 heteroatoms. The summed E-state index contributed by atoms with van der Waals surface area (Å²) in [5, 5.41) is 7.38. The zero-order chi connectivity index (χ0) is 20.8. The van der Waals surface area contributed by atoms with Crippen molar-refractivity contribution in [1.29, 1.82) is 0 Å². The molecule has 0 aliphatic carbocycles. The van der Waals surface area contributed by atoms with Gasteiger partial charge in [-0.1, -0.05) is 18.2 Å². The number of carbonyl (C=O) groups is 1. The van der Waals surface area contributed by atoms with Crippen LogP contribution in [-0.4, -0.2) is 42.0 Å². The van der Waals surface area contributed by atoms with Crippen LogP contribution in [0.2, 0.25) is 0 Å². The number of carbonyl (C=O) groups excluding carboxylic acids is 1. The average molecular weight is 394 g/mol. The second kappa shape index (κ2) is 9.14. The van der Waals surface area contributed by atoms with Gasteiger partial charge in [0.2, 0.25) is 0 Å². The fourth-order valence-electron chi connectivity index (χ4n) is 3.06. The largest absolute Gasteiger partial charge is 0.497 e. The molecule has 1 aromatic heterocycles. The number of urea groups is 1. The third kappa shape index (κ3) is 4.87. The quantitative estimate of drug-likeness (QED) is 0.662. The van der Waals surface area contributed by atoms with Gasteiger partial charge < -0.3 is 19.7 Å². The average Bonchev–Trinajstić information content (AvgIpc) is 3.22. The van der Waals surface area contributed by atoms with E-state index in [2.05, 4.69) is 10.4 Å². The maximum atomic E-state index is 12.7. The molecule has 1 unspecified atom stereocenters. The van der Waals surface area contributed by atoms with E-state index in [-0.39, 0.29) is 12.1 Å². The van der Waals surface area contributed by atoms with Crippen LogP contribution in [0.1, 0.15) is 24.1 Å². The fourth-order valence-corrected chi connectivity index (χ4v) is 3.06. The third-order valence-electron chi connectivity index (χ3n) is 4.67. The van der Waals surface area contributed by atoms with Crippen LogP contribution in [0.3, 0.4) is 0 Å². The Morgan fingerprint density at radius 1 is 1.17 bits per heavy atom. The zero-order valence-corrected chi connectivity index (χ0v) is 17.1. The number of hydrogen-bond acceptors (Lipinski definition) is 4. The number of hydrogen-bond donors (Lipinski definition) is 1. The highest BCUT2D eigenvalue weighted by molar-refractivity contribution is 5.74. The predicted molar refractivity (Wildman–Crippen MR) is 112 cm³/mol. The van der Waals surface area contributed by atoms with Crippen molar-refractivity contribution in [2.75, 3.05) is 21.3 Å². The summed E-state index contributed by atoms with van der Waals surface area (Å²) in [6.07, 6.45) is 3.69. The highest BCUT2D eigenvalue weighted by Gasteiger charge is 2.18. The fraction of sp³-hybridized carbons (Fsp3) is 0.273. The van der Waals surface area contributed by atoms with E-state index in [9.17, 15) is 4.79 Å². The molecule has 1 N–H and O–H groups in total. The van der Waals surface area contributed by atoms with Gasteiger partial charge in [0.05, 0.1) is 38.7 Å². The van der Waals surface area contributed by atoms with Crippen LogP contribution in [0.25, 0.3) is 5.69 Å². The molecule has 152 valence electrons. The number of rotatable bonds is 7. The molecule has 29 heavy (non-hydrogen) atoms. The predicted octanol–water partition coefficient (Wildman–Crippen LogP) is 3.79. The standard InChI is InChI=1S/C22H26N4O3/c1-16(20-12-19(28-3)10-11-21(20)29-4)24-22(27)25(2)14-17-13-23-26(15-17)18-8-6-5-7-9-18/h5-13,15-16H,14H2,1-4H3,(H,24,27). The molecule has 1 heterocycles. The zero-order valence-electron chi connectivity index (χ0n) is 17.1. The Labute approximate surface area is 170 Å². The van der Waals surface area contributed by atoms with E-state index >= 15 is 0 Å². The first kappa shape index (κ1) is 20.3. The molecular weight excluding hydrogens is 368 g/mol. The Balaban J connectivity index is 1.64. The van der Waals surface area contributed by atoms with Crippen LogP contribution in [0.15, 0.2) is 60.9 Å². The molecule has 0 aliphatic heterocycles. The lowest BCUT2D eigenvalue weighted by Gasteiger charge is -2.22. The lowest BCUT2D eigenvalue weighted by Crippen LogP contribution is -2.38. The molecule has 2 aromatic carbocycles. The number of nitrogens with one attached hydrogen (secondary N) is 1. The highest BCUT2D eigenvalue weighted by Crippen LogP contribution is 2.29. The second-order valence-electron chi connectivity index (χ2n) is 6.76. The Morgan fingerprint density at radius 2 is 1.93 bits per heavy atom. The molecule has 3 aromatic rings. The number of aromatic nitrogens is 2. The number of amides is 2. The van der Waals surface area contributed by atoms with Crippen molar-refractivity contribution in [3.63, 3.8) is 0 Å². The first-order valence-corrected chi connectivity index (χ1v) is 9.34. The van der Waals surface area contributed by atoms with Crippen LogP contribution >= 0.6 is 0 Å². The summed E-state index contributed by atoms with van der Waals surface area (Å²) in [4.78, 5) is 14.3. The SMILES string of the molecule is COc1ccc(OC)c(C(C)NC(=O)N(C)Cc2cnn(-c3ccccc3)c2)c1. The molecule has 3 rings (SSSR count). The molecule has 0 spiro atoms. The number of para-hydroxylation sites is 1. The Morgan fingerprint density at radius 3 is 2.62 bits per heavy atom. The minimum atomic E-state index is -0.248. The minimum Gasteiger partial charge on any atom is -0.497 e. The summed E-state index contributed by atoms with van der Waals surface area (Å²) in [5.74, 6) is 1.41. The van der Waals surface area contributed by atoms with E-state index in [1.165, 1.54) is 0 Å². The maximum absolute atomic E-state index is 12.7. The molecular formula is C22H26N4O3. The first-order valence-electron chi connectivity index (χ1n) is 9.34. The molecule has 0 saturated carbocycles. The Bertz CT molecular complexity index is 956. The van der Waals surface area contributed by atoms with Gasteiger partial charge in [0.1, 0.15) is 11.5 Å². The summed E-state index contributed by atoms with van der Waals surface area (Å²) < 4.78 is 12.5. The number of benzene rings is 2. The Hall–Kier alpha value is -3.48. The third-order valence-corrected chi connectivity index (χ3v) is 4.67. The van der Waals surface area contributed by atoms with Crippen molar-refractivity contribution in [2.24, 2.45) is 0 Å². The number of ether oxygens (including phenoxy) is 2. The van der Waals surface area contributed by atoms with Gasteiger partial charge in [-0.3, -0.25) is 0 Å². The molecule has 0 aliphatic rings. The summed E-state index contributed by atoms with van der Waals surface area (Å²) in [7, 11) is 4.97. The van der Waals surface area contributed by atoms with Gasteiger partial charge in [0, 0.05) is 24.4 Å². The molecule has 1 atom stereocenters. The van der Waals surface area contributed by atoms with Crippen molar-refractivity contribution in [3.05, 3.63) is 72.1 Å². The van der Waals surface area contributed by atoms with E-state index in [0.29, 0.717) is 18.0 Å². The summed E-state index contributed by atoms with van der Waals surface area (Å²) in [6, 6.07) is 14.9. The van der Waals surface area contributed by atoms with E-state index in [1.54, 1.807) is 37.0 Å². The molecule has 2 amide bonds. The van der Waals surface area contributed by atoms with E-state index in [4.69, 9.17) is 9.47 Å². The van der Waals surface area contributed by atoms with Crippen molar-refractivity contribution >= 4 is 6.03 Å². The second-order valence-corrected chi connectivity index (χ2v) is 6.76. The van der Waals surface area contributed by atoms with Gasteiger partial charge in [0.25, 0.3) is 0 Å². The lowest BCUT2D eigenvalue weighted by atomic mass is 10.1. The topological polar surface area (TPSA) is 68.6 Å². The van der Waals surface area contributed by atoms with Gasteiger partial charge in [0.15, 0.2) is 0 Å². The number of methoxy groups -OCH3 is 2. The molecule has 0 bridgehead atoms. The molecule has 0 radical (unpaired) electrons. The normalized spacial score (nSPS) is 11.6. The smallest absolute Gasteiger partial charge is 0.317 e. The van der Waals surface area contributed by atoms with Crippen molar-refractivity contribution in [3.8, 4) is 17.2 Å². The van der Waals surface area contributed by atoms with E-state index in [1.807, 2.05) is 61.7 Å². The van der Waals surface area contributed by atoms with E-state index in [0.717, 1.165) is 16.8 Å². The molecule has 0 fully saturated rings. The lowest BCUT2D eigenvalue weighted by molar-refractivity contribution is 0.203. The number of nitrogens with zero attached hydrogens (tertiary/aromatic N) is 3. The first-order chi connectivity index (χ1) is 14.0. The molecule has 7 nitrogen and oxygen atoms in total. The van der Waals surface area contributed by atoms with Gasteiger partial charge >= 0.3 is 6.03 Å². The van der Waals surface area contributed by atoms with Crippen molar-refractivity contribution in [2.45, 2.75) is 19.5 Å². The molecule has 0 saturated heterocycles. The van der Waals surface area contributed by atoms with Crippen LogP contribution in [0.4, 0.5) is 4.79 Å². The van der Waals surface area contributed by atoms with Crippen LogP contribution < -0.4 is 14.8 Å². The minimum absolute atomic E-state index is 0.185. The monoisotopic (exact) mass is 394 g/mol. The van der Waals surface area contributed by atoms with Gasteiger partial charge in [-0.2, -0.15) is 5.10 Å².